The van der Waals surface area contributed by atoms with Gasteiger partial charge in [0.05, 0.1) is 0 Å². The normalized spacial score (nSPS) is 13.5. The van der Waals surface area contributed by atoms with E-state index in [1.165, 1.54) is 0 Å². The molecular weight excluding hydrogens is 272 g/mol. The Labute approximate surface area is 130 Å². The highest BCUT2D eigenvalue weighted by molar-refractivity contribution is 5.51. The monoisotopic (exact) mass is 290 g/mol. The molecule has 1 unspecified atom stereocenters. The summed E-state index contributed by atoms with van der Waals surface area (Å²) in [6.07, 6.45) is 0. The lowest BCUT2D eigenvalue weighted by molar-refractivity contribution is 0.472. The third-order valence-corrected chi connectivity index (χ3v) is 4.22. The van der Waals surface area contributed by atoms with Crippen molar-refractivity contribution in [3.05, 3.63) is 95.6 Å². The van der Waals surface area contributed by atoms with Gasteiger partial charge in [-0.15, -0.1) is 0 Å². The Balaban J connectivity index is 2.24. The first kappa shape index (κ1) is 14.2. The predicted octanol–water partition coefficient (Wildman–Crippen LogP) is 4.45. The SMILES string of the molecule is CC(c1ccccc1)(c1ccc(O)cc1)c1cccc(O)c1. The molecule has 0 saturated carbocycles. The van der Waals surface area contributed by atoms with Crippen LogP contribution in [-0.4, -0.2) is 10.2 Å². The number of rotatable bonds is 3. The molecule has 3 aromatic rings. The molecule has 2 N–H and O–H groups in total. The van der Waals surface area contributed by atoms with Crippen molar-refractivity contribution in [2.45, 2.75) is 12.3 Å². The average molecular weight is 290 g/mol. The third kappa shape index (κ3) is 2.44. The number of aromatic hydroxyl groups is 2. The Morgan fingerprint density at radius 3 is 1.82 bits per heavy atom. The number of hydrogen-bond donors (Lipinski definition) is 2. The lowest BCUT2D eigenvalue weighted by Gasteiger charge is -2.32. The Kier molecular flexibility index (Phi) is 3.60. The summed E-state index contributed by atoms with van der Waals surface area (Å²) in [5.41, 5.74) is 2.78. The Hall–Kier alpha value is -2.74. The molecule has 0 aliphatic carbocycles. The van der Waals surface area contributed by atoms with Crippen LogP contribution in [0.15, 0.2) is 78.9 Å². The molecule has 3 aromatic carbocycles. The summed E-state index contributed by atoms with van der Waals surface area (Å²) in [5, 5.41) is 19.4. The second-order valence-corrected chi connectivity index (χ2v) is 5.59. The summed E-state index contributed by atoms with van der Waals surface area (Å²) in [7, 11) is 0. The van der Waals surface area contributed by atoms with Gasteiger partial charge in [-0.25, -0.2) is 0 Å². The minimum Gasteiger partial charge on any atom is -0.508 e. The maximum atomic E-state index is 9.87. The van der Waals surface area contributed by atoms with Crippen molar-refractivity contribution >= 4 is 0 Å². The van der Waals surface area contributed by atoms with Crippen LogP contribution in [0, 0.1) is 0 Å². The first-order valence-corrected chi connectivity index (χ1v) is 7.25. The summed E-state index contributed by atoms with van der Waals surface area (Å²) in [6.45, 7) is 2.13. The number of benzene rings is 3. The summed E-state index contributed by atoms with van der Waals surface area (Å²) in [6, 6.07) is 24.7. The highest BCUT2D eigenvalue weighted by Crippen LogP contribution is 2.40. The minimum atomic E-state index is -0.409. The van der Waals surface area contributed by atoms with Crippen LogP contribution in [0.4, 0.5) is 0 Å². The molecular formula is C20H18O2. The number of phenols is 2. The summed E-state index contributed by atoms with van der Waals surface area (Å²) in [4.78, 5) is 0. The molecule has 0 radical (unpaired) electrons. The highest BCUT2D eigenvalue weighted by atomic mass is 16.3. The zero-order chi connectivity index (χ0) is 15.6. The van der Waals surface area contributed by atoms with E-state index in [1.807, 2.05) is 42.5 Å². The van der Waals surface area contributed by atoms with E-state index in [0.717, 1.165) is 16.7 Å². The predicted molar refractivity (Wildman–Crippen MR) is 88.2 cm³/mol. The Morgan fingerprint density at radius 1 is 0.591 bits per heavy atom. The van der Waals surface area contributed by atoms with Gasteiger partial charge >= 0.3 is 0 Å². The summed E-state index contributed by atoms with van der Waals surface area (Å²) >= 11 is 0. The molecule has 0 spiro atoms. The molecule has 110 valence electrons. The van der Waals surface area contributed by atoms with Gasteiger partial charge in [0.2, 0.25) is 0 Å². The molecule has 0 aliphatic rings. The van der Waals surface area contributed by atoms with Crippen molar-refractivity contribution < 1.29 is 10.2 Å². The second kappa shape index (κ2) is 5.57. The van der Waals surface area contributed by atoms with Crippen molar-refractivity contribution in [1.29, 1.82) is 0 Å². The van der Waals surface area contributed by atoms with E-state index in [-0.39, 0.29) is 11.5 Å². The van der Waals surface area contributed by atoms with E-state index in [4.69, 9.17) is 0 Å². The Morgan fingerprint density at radius 2 is 1.18 bits per heavy atom. The van der Waals surface area contributed by atoms with Crippen LogP contribution in [0.2, 0.25) is 0 Å². The van der Waals surface area contributed by atoms with Crippen molar-refractivity contribution in [1.82, 2.24) is 0 Å². The van der Waals surface area contributed by atoms with E-state index in [0.29, 0.717) is 0 Å². The van der Waals surface area contributed by atoms with E-state index in [1.54, 1.807) is 24.3 Å². The summed E-state index contributed by atoms with van der Waals surface area (Å²) < 4.78 is 0. The first-order chi connectivity index (χ1) is 10.6. The second-order valence-electron chi connectivity index (χ2n) is 5.59. The molecule has 2 heteroatoms. The van der Waals surface area contributed by atoms with Crippen LogP contribution in [0.1, 0.15) is 23.6 Å². The molecule has 0 heterocycles. The molecule has 0 amide bonds. The highest BCUT2D eigenvalue weighted by Gasteiger charge is 2.31. The molecule has 0 aliphatic heterocycles. The fourth-order valence-corrected chi connectivity index (χ4v) is 2.88. The van der Waals surface area contributed by atoms with Gasteiger partial charge in [0.1, 0.15) is 11.5 Å². The van der Waals surface area contributed by atoms with E-state index >= 15 is 0 Å². The molecule has 0 saturated heterocycles. The average Bonchev–Trinajstić information content (AvgIpc) is 2.55. The maximum Gasteiger partial charge on any atom is 0.115 e. The molecule has 22 heavy (non-hydrogen) atoms. The topological polar surface area (TPSA) is 40.5 Å². The van der Waals surface area contributed by atoms with Crippen LogP contribution in [0.3, 0.4) is 0 Å². The van der Waals surface area contributed by atoms with E-state index in [2.05, 4.69) is 19.1 Å². The van der Waals surface area contributed by atoms with Gasteiger partial charge < -0.3 is 10.2 Å². The minimum absolute atomic E-state index is 0.245. The molecule has 0 bridgehead atoms. The van der Waals surface area contributed by atoms with Gasteiger partial charge in [-0.2, -0.15) is 0 Å². The smallest absolute Gasteiger partial charge is 0.115 e. The fourth-order valence-electron chi connectivity index (χ4n) is 2.88. The van der Waals surface area contributed by atoms with Gasteiger partial charge in [-0.05, 0) is 47.9 Å². The van der Waals surface area contributed by atoms with Gasteiger partial charge in [0, 0.05) is 5.41 Å². The molecule has 0 aromatic heterocycles. The van der Waals surface area contributed by atoms with Crippen LogP contribution >= 0.6 is 0 Å². The quantitative estimate of drug-likeness (QED) is 0.699. The molecule has 0 fully saturated rings. The van der Waals surface area contributed by atoms with Crippen LogP contribution in [-0.2, 0) is 5.41 Å². The van der Waals surface area contributed by atoms with Gasteiger partial charge in [-0.1, -0.05) is 54.6 Å². The Bertz CT molecular complexity index is 763. The number of hydrogen-bond acceptors (Lipinski definition) is 2. The van der Waals surface area contributed by atoms with Gasteiger partial charge in [0.25, 0.3) is 0 Å². The third-order valence-electron chi connectivity index (χ3n) is 4.22. The largest absolute Gasteiger partial charge is 0.508 e. The van der Waals surface area contributed by atoms with Gasteiger partial charge in [0.15, 0.2) is 0 Å². The zero-order valence-corrected chi connectivity index (χ0v) is 12.4. The van der Waals surface area contributed by atoms with Crippen molar-refractivity contribution in [3.63, 3.8) is 0 Å². The van der Waals surface area contributed by atoms with Crippen LogP contribution < -0.4 is 0 Å². The fraction of sp³-hybridized carbons (Fsp3) is 0.100. The molecule has 3 rings (SSSR count). The molecule has 2 nitrogen and oxygen atoms in total. The van der Waals surface area contributed by atoms with E-state index < -0.39 is 5.41 Å². The maximum absolute atomic E-state index is 9.87. The lowest BCUT2D eigenvalue weighted by Crippen LogP contribution is -2.25. The summed E-state index contributed by atoms with van der Waals surface area (Å²) in [5.74, 6) is 0.494. The zero-order valence-electron chi connectivity index (χ0n) is 12.4. The lowest BCUT2D eigenvalue weighted by atomic mass is 9.71. The standard InChI is InChI=1S/C20H18O2/c1-20(15-6-3-2-4-7-15,16-10-12-18(21)13-11-16)17-8-5-9-19(22)14-17/h2-14,21-22H,1H3. The number of phenolic OH excluding ortho intramolecular Hbond substituents is 2. The van der Waals surface area contributed by atoms with Crippen LogP contribution in [0.5, 0.6) is 11.5 Å². The molecule has 1 atom stereocenters. The van der Waals surface area contributed by atoms with Crippen LogP contribution in [0.25, 0.3) is 0 Å². The van der Waals surface area contributed by atoms with Crippen molar-refractivity contribution in [3.8, 4) is 11.5 Å². The van der Waals surface area contributed by atoms with Crippen molar-refractivity contribution in [2.75, 3.05) is 0 Å². The van der Waals surface area contributed by atoms with E-state index in [9.17, 15) is 10.2 Å². The first-order valence-electron chi connectivity index (χ1n) is 7.25. The van der Waals surface area contributed by atoms with Crippen molar-refractivity contribution in [2.24, 2.45) is 0 Å². The van der Waals surface area contributed by atoms with Gasteiger partial charge in [-0.3, -0.25) is 0 Å².